The van der Waals surface area contributed by atoms with Gasteiger partial charge in [-0.3, -0.25) is 4.98 Å². The number of benzene rings is 1. The Morgan fingerprint density at radius 3 is 2.12 bits per heavy atom. The second-order valence-electron chi connectivity index (χ2n) is 6.53. The van der Waals surface area contributed by atoms with E-state index in [4.69, 9.17) is 0 Å². The minimum absolute atomic E-state index is 0. The Balaban J connectivity index is 0.00000288. The van der Waals surface area contributed by atoms with E-state index in [0.717, 1.165) is 36.3 Å². The molecular weight excluding hydrogens is 322 g/mol. The zero-order valence-corrected chi connectivity index (χ0v) is 15.8. The molecule has 0 atom stereocenters. The average Bonchev–Trinajstić information content (AvgIpc) is 2.49. The van der Waals surface area contributed by atoms with Crippen LogP contribution in [0, 0.1) is 0 Å². The quantitative estimate of drug-likeness (QED) is 0.833. The third kappa shape index (κ3) is 6.11. The Hall–Kier alpha value is -1.62. The molecule has 1 heterocycles. The molecule has 0 amide bonds. The molecule has 0 fully saturated rings. The molecule has 1 aromatic heterocycles. The summed E-state index contributed by atoms with van der Waals surface area (Å²) in [5, 5.41) is 10.6. The lowest BCUT2D eigenvalue weighted by Crippen LogP contribution is -2.16. The van der Waals surface area contributed by atoms with E-state index in [-0.39, 0.29) is 12.4 Å². The lowest BCUT2D eigenvalue weighted by Gasteiger charge is -2.17. The van der Waals surface area contributed by atoms with Gasteiger partial charge in [0.25, 0.3) is 0 Å². The second kappa shape index (κ2) is 9.62. The van der Waals surface area contributed by atoms with Crippen molar-refractivity contribution >= 4 is 12.4 Å². The minimum Gasteiger partial charge on any atom is -0.506 e. The summed E-state index contributed by atoms with van der Waals surface area (Å²) in [5.74, 6) is 0.345. The monoisotopic (exact) mass is 349 g/mol. The molecular formula is C19H28ClN3O. The molecule has 4 nitrogen and oxygen atoms in total. The fraction of sp³-hybridized carbons (Fsp3) is 0.421. The van der Waals surface area contributed by atoms with Gasteiger partial charge in [0.05, 0.1) is 11.4 Å². The van der Waals surface area contributed by atoms with Crippen LogP contribution < -0.4 is 0 Å². The maximum Gasteiger partial charge on any atom is 0.141 e. The Bertz CT molecular complexity index is 630. The van der Waals surface area contributed by atoms with Gasteiger partial charge < -0.3 is 14.9 Å². The smallest absolute Gasteiger partial charge is 0.141 e. The maximum atomic E-state index is 10.6. The topological polar surface area (TPSA) is 39.6 Å². The van der Waals surface area contributed by atoms with Gasteiger partial charge in [-0.2, -0.15) is 0 Å². The lowest BCUT2D eigenvalue weighted by atomic mass is 10.0. The molecule has 2 aromatic rings. The van der Waals surface area contributed by atoms with Crippen LogP contribution in [0.5, 0.6) is 5.75 Å². The van der Waals surface area contributed by atoms with Gasteiger partial charge in [-0.15, -0.1) is 12.4 Å². The highest BCUT2D eigenvalue weighted by Gasteiger charge is 2.13. The van der Waals surface area contributed by atoms with Gasteiger partial charge >= 0.3 is 0 Å². The van der Waals surface area contributed by atoms with Crippen molar-refractivity contribution in [1.82, 2.24) is 14.8 Å². The summed E-state index contributed by atoms with van der Waals surface area (Å²) in [5.41, 5.74) is 4.02. The summed E-state index contributed by atoms with van der Waals surface area (Å²) in [6.07, 6.45) is 1.63. The van der Waals surface area contributed by atoms with Gasteiger partial charge in [0.2, 0.25) is 0 Å². The number of hydrogen-bond donors (Lipinski definition) is 1. The van der Waals surface area contributed by atoms with Crippen LogP contribution in [0.25, 0.3) is 0 Å². The van der Waals surface area contributed by atoms with Crippen molar-refractivity contribution in [2.75, 3.05) is 28.2 Å². The highest BCUT2D eigenvalue weighted by Crippen LogP contribution is 2.25. The number of nitrogens with zero attached hydrogens (tertiary/aromatic N) is 3. The van der Waals surface area contributed by atoms with E-state index in [1.165, 1.54) is 5.56 Å². The van der Waals surface area contributed by atoms with Crippen LogP contribution in [-0.4, -0.2) is 48.1 Å². The molecule has 132 valence electrons. The van der Waals surface area contributed by atoms with Crippen molar-refractivity contribution in [3.8, 4) is 5.75 Å². The van der Waals surface area contributed by atoms with E-state index < -0.39 is 0 Å². The summed E-state index contributed by atoms with van der Waals surface area (Å²) >= 11 is 0. The van der Waals surface area contributed by atoms with Crippen LogP contribution >= 0.6 is 12.4 Å². The van der Waals surface area contributed by atoms with Crippen molar-refractivity contribution in [2.24, 2.45) is 0 Å². The molecule has 1 aromatic carbocycles. The molecule has 0 spiro atoms. The molecule has 0 unspecified atom stereocenters. The Kier molecular flexibility index (Phi) is 8.19. The summed E-state index contributed by atoms with van der Waals surface area (Å²) in [4.78, 5) is 8.85. The molecule has 1 N–H and O–H groups in total. The van der Waals surface area contributed by atoms with E-state index in [2.05, 4.69) is 26.9 Å². The molecule has 2 rings (SSSR count). The zero-order valence-electron chi connectivity index (χ0n) is 15.0. The first kappa shape index (κ1) is 20.4. The second-order valence-corrected chi connectivity index (χ2v) is 6.53. The van der Waals surface area contributed by atoms with E-state index in [9.17, 15) is 5.11 Å². The van der Waals surface area contributed by atoms with Crippen LogP contribution in [-0.2, 0) is 25.9 Å². The van der Waals surface area contributed by atoms with Crippen molar-refractivity contribution in [3.63, 3.8) is 0 Å². The van der Waals surface area contributed by atoms with Crippen LogP contribution in [0.3, 0.4) is 0 Å². The first-order chi connectivity index (χ1) is 11.0. The third-order valence-corrected chi connectivity index (χ3v) is 3.66. The molecule has 0 radical (unpaired) electrons. The standard InChI is InChI=1S/C19H27N3O.ClH/c1-21(2)13-16-12-17(14-22(3)4)20-18(19(16)23)11-10-15-8-6-5-7-9-15;/h5-9,12,23H,10-11,13-14H2,1-4H3;1H. The molecule has 5 heteroatoms. The van der Waals surface area contributed by atoms with E-state index in [0.29, 0.717) is 12.3 Å². The number of rotatable bonds is 7. The summed E-state index contributed by atoms with van der Waals surface area (Å²) in [7, 11) is 8.08. The molecule has 0 aliphatic heterocycles. The molecule has 0 bridgehead atoms. The van der Waals surface area contributed by atoms with Crippen molar-refractivity contribution in [1.29, 1.82) is 0 Å². The lowest BCUT2D eigenvalue weighted by molar-refractivity contribution is 0.375. The molecule has 24 heavy (non-hydrogen) atoms. The van der Waals surface area contributed by atoms with Crippen molar-refractivity contribution in [2.45, 2.75) is 25.9 Å². The van der Waals surface area contributed by atoms with Crippen molar-refractivity contribution < 1.29 is 5.11 Å². The molecule has 0 aliphatic carbocycles. The normalized spacial score (nSPS) is 10.9. The highest BCUT2D eigenvalue weighted by molar-refractivity contribution is 5.85. The fourth-order valence-electron chi connectivity index (χ4n) is 2.66. The van der Waals surface area contributed by atoms with Crippen molar-refractivity contribution in [3.05, 3.63) is 58.9 Å². The Labute approximate surface area is 151 Å². The first-order valence-electron chi connectivity index (χ1n) is 7.99. The van der Waals surface area contributed by atoms with Gasteiger partial charge in [0.15, 0.2) is 0 Å². The Morgan fingerprint density at radius 2 is 1.54 bits per heavy atom. The predicted molar refractivity (Wildman–Crippen MR) is 102 cm³/mol. The molecule has 0 saturated heterocycles. The number of hydrogen-bond acceptors (Lipinski definition) is 4. The van der Waals surface area contributed by atoms with Gasteiger partial charge in [-0.25, -0.2) is 0 Å². The van der Waals surface area contributed by atoms with Gasteiger partial charge in [0, 0.05) is 18.7 Å². The van der Waals surface area contributed by atoms with E-state index >= 15 is 0 Å². The van der Waals surface area contributed by atoms with Gasteiger partial charge in [-0.1, -0.05) is 30.3 Å². The highest BCUT2D eigenvalue weighted by atomic mass is 35.5. The van der Waals surface area contributed by atoms with Crippen LogP contribution in [0.1, 0.15) is 22.5 Å². The number of pyridine rings is 1. The number of aromatic hydroxyl groups is 1. The molecule has 0 aliphatic rings. The largest absolute Gasteiger partial charge is 0.506 e. The molecule has 0 saturated carbocycles. The fourth-order valence-corrected chi connectivity index (χ4v) is 2.66. The average molecular weight is 350 g/mol. The van der Waals surface area contributed by atoms with E-state index in [1.807, 2.05) is 52.5 Å². The number of aromatic nitrogens is 1. The van der Waals surface area contributed by atoms with E-state index in [1.54, 1.807) is 0 Å². The summed E-state index contributed by atoms with van der Waals surface area (Å²) in [6, 6.07) is 12.3. The summed E-state index contributed by atoms with van der Waals surface area (Å²) in [6.45, 7) is 1.49. The Morgan fingerprint density at radius 1 is 0.917 bits per heavy atom. The van der Waals surface area contributed by atoms with Gasteiger partial charge in [0.1, 0.15) is 5.75 Å². The third-order valence-electron chi connectivity index (χ3n) is 3.66. The number of aryl methyl sites for hydroxylation is 2. The van der Waals surface area contributed by atoms with Gasteiger partial charge in [-0.05, 0) is 52.7 Å². The van der Waals surface area contributed by atoms with Crippen LogP contribution in [0.15, 0.2) is 36.4 Å². The van der Waals surface area contributed by atoms with Crippen LogP contribution in [0.4, 0.5) is 0 Å². The SMILES string of the molecule is CN(C)Cc1cc(CN(C)C)c(O)c(CCc2ccccc2)n1.Cl. The summed E-state index contributed by atoms with van der Waals surface area (Å²) < 4.78 is 0. The first-order valence-corrected chi connectivity index (χ1v) is 7.99. The minimum atomic E-state index is 0. The van der Waals surface area contributed by atoms with Crippen LogP contribution in [0.2, 0.25) is 0 Å². The number of halogens is 1. The maximum absolute atomic E-state index is 10.6. The zero-order chi connectivity index (χ0) is 16.8. The predicted octanol–water partition coefficient (Wildman–Crippen LogP) is 3.12.